The topological polar surface area (TPSA) is 94.8 Å². The van der Waals surface area contributed by atoms with Gasteiger partial charge in [0, 0.05) is 5.56 Å². The average Bonchev–Trinajstić information content (AvgIpc) is 2.26. The molecule has 0 aliphatic carbocycles. The van der Waals surface area contributed by atoms with Crippen LogP contribution in [0.2, 0.25) is 0 Å². The number of carboxylic acid groups (broad SMARTS) is 1. The summed E-state index contributed by atoms with van der Waals surface area (Å²) in [5.41, 5.74) is 1.47. The number of aryl methyl sites for hydroxylation is 1. The molecule has 3 N–H and O–H groups in total. The standard InChI is InChI=1S/C12H14O5/c1-7-2-8(6-13)4-9(3-7)12(17)10(14)5-11(15)16/h2-4,6,10,12,14,17H,5H2,1H3,(H,15,16). The van der Waals surface area contributed by atoms with Gasteiger partial charge >= 0.3 is 5.97 Å². The van der Waals surface area contributed by atoms with Crippen LogP contribution < -0.4 is 0 Å². The molecule has 17 heavy (non-hydrogen) atoms. The summed E-state index contributed by atoms with van der Waals surface area (Å²) in [6, 6.07) is 4.66. The van der Waals surface area contributed by atoms with E-state index in [4.69, 9.17) is 5.11 Å². The predicted molar refractivity (Wildman–Crippen MR) is 59.8 cm³/mol. The molecule has 5 nitrogen and oxygen atoms in total. The molecular weight excluding hydrogens is 224 g/mol. The SMILES string of the molecule is Cc1cc(C=O)cc(C(O)C(O)CC(=O)O)c1. The lowest BCUT2D eigenvalue weighted by Gasteiger charge is -2.17. The van der Waals surface area contributed by atoms with Crippen LogP contribution >= 0.6 is 0 Å². The van der Waals surface area contributed by atoms with Crippen molar-refractivity contribution < 1.29 is 24.9 Å². The molecule has 0 bridgehead atoms. The van der Waals surface area contributed by atoms with Crippen LogP contribution in [0, 0.1) is 6.92 Å². The Balaban J connectivity index is 2.94. The van der Waals surface area contributed by atoms with Crippen molar-refractivity contribution in [2.75, 3.05) is 0 Å². The van der Waals surface area contributed by atoms with Crippen molar-refractivity contribution in [3.8, 4) is 0 Å². The molecule has 0 fully saturated rings. The van der Waals surface area contributed by atoms with E-state index in [2.05, 4.69) is 0 Å². The maximum Gasteiger partial charge on any atom is 0.306 e. The molecule has 2 atom stereocenters. The quantitative estimate of drug-likeness (QED) is 0.655. The third kappa shape index (κ3) is 3.65. The van der Waals surface area contributed by atoms with Crippen molar-refractivity contribution in [1.29, 1.82) is 0 Å². The minimum atomic E-state index is -1.39. The van der Waals surface area contributed by atoms with Crippen LogP contribution in [-0.2, 0) is 4.79 Å². The number of aliphatic hydroxyl groups excluding tert-OH is 2. The van der Waals surface area contributed by atoms with Crippen LogP contribution in [0.15, 0.2) is 18.2 Å². The van der Waals surface area contributed by atoms with Crippen molar-refractivity contribution in [1.82, 2.24) is 0 Å². The number of carboxylic acids is 1. The second kappa shape index (κ2) is 5.56. The number of rotatable bonds is 5. The van der Waals surface area contributed by atoms with Crippen LogP contribution in [0.3, 0.4) is 0 Å². The first kappa shape index (κ1) is 13.3. The maximum atomic E-state index is 10.6. The lowest BCUT2D eigenvalue weighted by Crippen LogP contribution is -2.22. The van der Waals surface area contributed by atoms with Crippen LogP contribution in [0.5, 0.6) is 0 Å². The van der Waals surface area contributed by atoms with Gasteiger partial charge in [0.1, 0.15) is 12.4 Å². The lowest BCUT2D eigenvalue weighted by atomic mass is 9.98. The summed E-state index contributed by atoms with van der Waals surface area (Å²) in [5, 5.41) is 27.7. The van der Waals surface area contributed by atoms with Gasteiger partial charge < -0.3 is 15.3 Å². The Morgan fingerprint density at radius 3 is 2.53 bits per heavy atom. The molecular formula is C12H14O5. The third-order valence-electron chi connectivity index (χ3n) is 2.35. The second-order valence-electron chi connectivity index (χ2n) is 3.90. The number of aliphatic hydroxyl groups is 2. The highest BCUT2D eigenvalue weighted by Gasteiger charge is 2.21. The van der Waals surface area contributed by atoms with Crippen molar-refractivity contribution in [3.63, 3.8) is 0 Å². The molecule has 0 saturated carbocycles. The fourth-order valence-electron chi connectivity index (χ4n) is 1.59. The minimum Gasteiger partial charge on any atom is -0.481 e. The molecule has 0 heterocycles. The molecule has 0 aliphatic rings. The highest BCUT2D eigenvalue weighted by molar-refractivity contribution is 5.75. The third-order valence-corrected chi connectivity index (χ3v) is 2.35. The van der Waals surface area contributed by atoms with Gasteiger partial charge in [-0.3, -0.25) is 9.59 Å². The lowest BCUT2D eigenvalue weighted by molar-refractivity contribution is -0.141. The summed E-state index contributed by atoms with van der Waals surface area (Å²) in [4.78, 5) is 21.1. The largest absolute Gasteiger partial charge is 0.481 e. The molecule has 0 saturated heterocycles. The number of aldehydes is 1. The molecule has 0 aliphatic heterocycles. The number of carbonyl (C=O) groups excluding carboxylic acids is 1. The van der Waals surface area contributed by atoms with E-state index in [0.29, 0.717) is 17.4 Å². The zero-order valence-corrected chi connectivity index (χ0v) is 9.33. The van der Waals surface area contributed by atoms with Gasteiger partial charge in [-0.25, -0.2) is 0 Å². The molecule has 1 aromatic rings. The van der Waals surface area contributed by atoms with E-state index in [-0.39, 0.29) is 0 Å². The molecule has 0 aromatic heterocycles. The van der Waals surface area contributed by atoms with E-state index >= 15 is 0 Å². The van der Waals surface area contributed by atoms with Gasteiger partial charge in [-0.1, -0.05) is 11.6 Å². The highest BCUT2D eigenvalue weighted by atomic mass is 16.4. The van der Waals surface area contributed by atoms with Gasteiger partial charge in [-0.15, -0.1) is 0 Å². The van der Waals surface area contributed by atoms with Gasteiger partial charge in [-0.2, -0.15) is 0 Å². The molecule has 1 aromatic carbocycles. The number of carbonyl (C=O) groups is 2. The fourth-order valence-corrected chi connectivity index (χ4v) is 1.59. The first-order valence-electron chi connectivity index (χ1n) is 5.08. The summed E-state index contributed by atoms with van der Waals surface area (Å²) < 4.78 is 0. The number of aliphatic carboxylic acids is 1. The summed E-state index contributed by atoms with van der Waals surface area (Å²) in [7, 11) is 0. The van der Waals surface area contributed by atoms with E-state index < -0.39 is 24.6 Å². The zero-order valence-electron chi connectivity index (χ0n) is 9.33. The van der Waals surface area contributed by atoms with E-state index in [1.807, 2.05) is 0 Å². The van der Waals surface area contributed by atoms with Gasteiger partial charge in [-0.05, 0) is 24.6 Å². The monoisotopic (exact) mass is 238 g/mol. The summed E-state index contributed by atoms with van der Waals surface area (Å²) in [6.07, 6.45) is -2.63. The smallest absolute Gasteiger partial charge is 0.306 e. The normalized spacial score (nSPS) is 14.1. The first-order valence-corrected chi connectivity index (χ1v) is 5.08. The zero-order chi connectivity index (χ0) is 13.0. The molecule has 1 rings (SSSR count). The number of hydrogen-bond acceptors (Lipinski definition) is 4. The number of hydrogen-bond donors (Lipinski definition) is 3. The van der Waals surface area contributed by atoms with Gasteiger partial charge in [0.2, 0.25) is 0 Å². The maximum absolute atomic E-state index is 10.6. The van der Waals surface area contributed by atoms with Gasteiger partial charge in [0.25, 0.3) is 0 Å². The summed E-state index contributed by atoms with van der Waals surface area (Å²) in [6.45, 7) is 1.74. The van der Waals surface area contributed by atoms with Crippen LogP contribution in [0.1, 0.15) is 34.0 Å². The Bertz CT molecular complexity index is 427. The van der Waals surface area contributed by atoms with Crippen molar-refractivity contribution in [2.45, 2.75) is 25.6 Å². The van der Waals surface area contributed by atoms with E-state index in [0.717, 1.165) is 5.56 Å². The van der Waals surface area contributed by atoms with Gasteiger partial charge in [0.15, 0.2) is 0 Å². The van der Waals surface area contributed by atoms with E-state index in [1.54, 1.807) is 19.1 Å². The molecule has 0 spiro atoms. The molecule has 92 valence electrons. The second-order valence-corrected chi connectivity index (χ2v) is 3.90. The van der Waals surface area contributed by atoms with Gasteiger partial charge in [0.05, 0.1) is 12.5 Å². The van der Waals surface area contributed by atoms with Crippen molar-refractivity contribution in [3.05, 3.63) is 34.9 Å². The first-order chi connectivity index (χ1) is 7.93. The molecule has 5 heteroatoms. The van der Waals surface area contributed by atoms with E-state index in [9.17, 15) is 19.8 Å². The number of benzene rings is 1. The van der Waals surface area contributed by atoms with Crippen molar-refractivity contribution in [2.24, 2.45) is 0 Å². The average molecular weight is 238 g/mol. The van der Waals surface area contributed by atoms with Crippen LogP contribution in [-0.4, -0.2) is 33.7 Å². The predicted octanol–water partition coefficient (Wildman–Crippen LogP) is 0.677. The Kier molecular flexibility index (Phi) is 4.37. The Morgan fingerprint density at radius 2 is 2.00 bits per heavy atom. The van der Waals surface area contributed by atoms with Crippen LogP contribution in [0.4, 0.5) is 0 Å². The molecule has 0 radical (unpaired) electrons. The van der Waals surface area contributed by atoms with E-state index in [1.165, 1.54) is 6.07 Å². The van der Waals surface area contributed by atoms with Crippen LogP contribution in [0.25, 0.3) is 0 Å². The fraction of sp³-hybridized carbons (Fsp3) is 0.333. The molecule has 2 unspecified atom stereocenters. The molecule has 0 amide bonds. The Labute approximate surface area is 98.3 Å². The minimum absolute atomic E-state index is 0.334. The highest BCUT2D eigenvalue weighted by Crippen LogP contribution is 2.21. The van der Waals surface area contributed by atoms with Crippen molar-refractivity contribution >= 4 is 12.3 Å². The Morgan fingerprint density at radius 1 is 1.35 bits per heavy atom. The Hall–Kier alpha value is -1.72. The summed E-state index contributed by atoms with van der Waals surface area (Å²) in [5.74, 6) is -1.19. The summed E-state index contributed by atoms with van der Waals surface area (Å²) >= 11 is 0.